The molecular weight excluding hydrogens is 262 g/mol. The zero-order valence-electron chi connectivity index (χ0n) is 11.7. The van der Waals surface area contributed by atoms with Crippen LogP contribution in [-0.2, 0) is 4.74 Å². The summed E-state index contributed by atoms with van der Waals surface area (Å²) >= 11 is 0. The number of halogens is 2. The molecule has 1 aliphatic rings. The van der Waals surface area contributed by atoms with Crippen LogP contribution in [0.3, 0.4) is 0 Å². The van der Waals surface area contributed by atoms with Crippen molar-refractivity contribution in [2.45, 2.75) is 37.8 Å². The van der Waals surface area contributed by atoms with Crippen LogP contribution < -0.4 is 11.1 Å². The van der Waals surface area contributed by atoms with Crippen molar-refractivity contribution in [1.29, 1.82) is 0 Å². The zero-order valence-corrected chi connectivity index (χ0v) is 11.7. The van der Waals surface area contributed by atoms with E-state index in [4.69, 9.17) is 10.5 Å². The summed E-state index contributed by atoms with van der Waals surface area (Å²) in [5.74, 6) is 0. The average molecular weight is 284 g/mol. The van der Waals surface area contributed by atoms with Gasteiger partial charge in [-0.3, -0.25) is 0 Å². The van der Waals surface area contributed by atoms with Crippen molar-refractivity contribution in [3.05, 3.63) is 35.4 Å². The van der Waals surface area contributed by atoms with E-state index in [9.17, 15) is 8.78 Å². The number of nitrogens with one attached hydrogen (secondary N) is 1. The molecule has 3 N–H and O–H groups in total. The highest BCUT2D eigenvalue weighted by molar-refractivity contribution is 5.26. The number of nitrogens with two attached hydrogens (primary N) is 1. The van der Waals surface area contributed by atoms with Crippen LogP contribution in [0, 0.1) is 0 Å². The molecule has 0 spiro atoms. The Morgan fingerprint density at radius 2 is 1.95 bits per heavy atom. The molecule has 0 aromatic heterocycles. The lowest BCUT2D eigenvalue weighted by molar-refractivity contribution is 0.0189. The third-order valence-electron chi connectivity index (χ3n) is 3.85. The molecule has 112 valence electrons. The third-order valence-corrected chi connectivity index (χ3v) is 3.85. The summed E-state index contributed by atoms with van der Waals surface area (Å²) in [6.45, 7) is 4.02. The second-order valence-corrected chi connectivity index (χ2v) is 5.54. The van der Waals surface area contributed by atoms with Crippen LogP contribution >= 0.6 is 0 Å². The van der Waals surface area contributed by atoms with Gasteiger partial charge in [-0.2, -0.15) is 0 Å². The maximum absolute atomic E-state index is 12.5. The van der Waals surface area contributed by atoms with Gasteiger partial charge in [-0.1, -0.05) is 24.3 Å². The quantitative estimate of drug-likeness (QED) is 0.844. The van der Waals surface area contributed by atoms with E-state index in [1.54, 1.807) is 12.1 Å². The monoisotopic (exact) mass is 284 g/mol. The minimum atomic E-state index is -2.43. The Hall–Kier alpha value is -1.04. The Balaban J connectivity index is 1.97. The van der Waals surface area contributed by atoms with Crippen LogP contribution in [0.4, 0.5) is 8.78 Å². The maximum Gasteiger partial charge on any atom is 0.263 e. The fourth-order valence-corrected chi connectivity index (χ4v) is 2.53. The normalized spacial score (nSPS) is 24.2. The molecule has 2 rings (SSSR count). The van der Waals surface area contributed by atoms with Gasteiger partial charge in [0.15, 0.2) is 0 Å². The third kappa shape index (κ3) is 3.75. The van der Waals surface area contributed by atoms with Gasteiger partial charge >= 0.3 is 0 Å². The van der Waals surface area contributed by atoms with Gasteiger partial charge in [0, 0.05) is 31.3 Å². The van der Waals surface area contributed by atoms with E-state index in [2.05, 4.69) is 12.2 Å². The molecule has 2 atom stereocenters. The van der Waals surface area contributed by atoms with Gasteiger partial charge in [0.1, 0.15) is 0 Å². The molecule has 5 heteroatoms. The Morgan fingerprint density at radius 3 is 2.45 bits per heavy atom. The highest BCUT2D eigenvalue weighted by Crippen LogP contribution is 2.25. The van der Waals surface area contributed by atoms with E-state index in [0.29, 0.717) is 13.1 Å². The van der Waals surface area contributed by atoms with Gasteiger partial charge in [-0.05, 0) is 25.3 Å². The molecule has 1 aromatic carbocycles. The van der Waals surface area contributed by atoms with Gasteiger partial charge in [0.2, 0.25) is 0 Å². The average Bonchev–Trinajstić information content (AvgIpc) is 2.87. The first-order valence-electron chi connectivity index (χ1n) is 6.99. The number of hydrogen-bond acceptors (Lipinski definition) is 3. The lowest BCUT2D eigenvalue weighted by atomic mass is 10.0. The van der Waals surface area contributed by atoms with Crippen LogP contribution in [0.25, 0.3) is 0 Å². The van der Waals surface area contributed by atoms with Crippen LogP contribution in [0.2, 0.25) is 0 Å². The number of benzene rings is 1. The molecule has 0 bridgehead atoms. The topological polar surface area (TPSA) is 47.3 Å². The lowest BCUT2D eigenvalue weighted by Gasteiger charge is -2.27. The van der Waals surface area contributed by atoms with Crippen molar-refractivity contribution in [3.63, 3.8) is 0 Å². The van der Waals surface area contributed by atoms with Crippen molar-refractivity contribution in [3.8, 4) is 0 Å². The highest BCUT2D eigenvalue weighted by atomic mass is 19.3. The molecular formula is C15H22F2N2O. The Kier molecular flexibility index (Phi) is 5.07. The Bertz CT molecular complexity index is 416. The molecule has 0 amide bonds. The summed E-state index contributed by atoms with van der Waals surface area (Å²) in [5, 5.41) is 3.38. The van der Waals surface area contributed by atoms with Crippen LogP contribution in [0.5, 0.6) is 0 Å². The number of hydrogen-bond donors (Lipinski definition) is 2. The summed E-state index contributed by atoms with van der Waals surface area (Å²) in [6.07, 6.45) is -0.324. The van der Waals surface area contributed by atoms with Gasteiger partial charge in [0.05, 0.1) is 5.60 Å². The lowest BCUT2D eigenvalue weighted by Crippen LogP contribution is -2.40. The fraction of sp³-hybridized carbons (Fsp3) is 0.600. The van der Waals surface area contributed by atoms with Gasteiger partial charge in [0.25, 0.3) is 6.43 Å². The zero-order chi connectivity index (χ0) is 14.6. The van der Waals surface area contributed by atoms with E-state index in [1.807, 2.05) is 0 Å². The molecule has 0 radical (unpaired) electrons. The predicted molar refractivity (Wildman–Crippen MR) is 74.8 cm³/mol. The van der Waals surface area contributed by atoms with Crippen molar-refractivity contribution in [2.75, 3.05) is 19.7 Å². The van der Waals surface area contributed by atoms with Crippen molar-refractivity contribution in [2.24, 2.45) is 5.73 Å². The highest BCUT2D eigenvalue weighted by Gasteiger charge is 2.30. The smallest absolute Gasteiger partial charge is 0.263 e. The SMILES string of the molecule is CC1(CNC(CN)c2ccc(C(F)F)cc2)CCCO1. The van der Waals surface area contributed by atoms with E-state index in [1.165, 1.54) is 12.1 Å². The molecule has 20 heavy (non-hydrogen) atoms. The number of rotatable bonds is 6. The molecule has 0 aliphatic carbocycles. The molecule has 2 unspecified atom stereocenters. The van der Waals surface area contributed by atoms with Gasteiger partial charge in [-0.15, -0.1) is 0 Å². The van der Waals surface area contributed by atoms with Crippen LogP contribution in [0.1, 0.15) is 43.4 Å². The Labute approximate surface area is 118 Å². The number of ether oxygens (including phenoxy) is 1. The summed E-state index contributed by atoms with van der Waals surface area (Å²) in [7, 11) is 0. The van der Waals surface area contributed by atoms with E-state index < -0.39 is 6.43 Å². The predicted octanol–water partition coefficient (Wildman–Crippen LogP) is 2.78. The van der Waals surface area contributed by atoms with Crippen LogP contribution in [0.15, 0.2) is 24.3 Å². The summed E-state index contributed by atoms with van der Waals surface area (Å²) < 4.78 is 30.8. The first-order chi connectivity index (χ1) is 9.54. The minimum absolute atomic E-state index is 0.0376. The minimum Gasteiger partial charge on any atom is -0.374 e. The molecule has 1 aromatic rings. The molecule has 1 fully saturated rings. The molecule has 1 heterocycles. The molecule has 3 nitrogen and oxygen atoms in total. The van der Waals surface area contributed by atoms with Crippen molar-refractivity contribution >= 4 is 0 Å². The largest absolute Gasteiger partial charge is 0.374 e. The Morgan fingerprint density at radius 1 is 1.30 bits per heavy atom. The van der Waals surface area contributed by atoms with E-state index >= 15 is 0 Å². The van der Waals surface area contributed by atoms with Crippen molar-refractivity contribution < 1.29 is 13.5 Å². The standard InChI is InChI=1S/C15H22F2N2O/c1-15(7-2-8-20-15)10-19-13(9-18)11-3-5-12(6-4-11)14(16)17/h3-6,13-14,19H,2,7-10,18H2,1H3. The summed E-state index contributed by atoms with van der Waals surface area (Å²) in [4.78, 5) is 0. The molecule has 1 aliphatic heterocycles. The molecule has 0 saturated carbocycles. The van der Waals surface area contributed by atoms with Gasteiger partial charge < -0.3 is 15.8 Å². The van der Waals surface area contributed by atoms with E-state index in [-0.39, 0.29) is 17.2 Å². The van der Waals surface area contributed by atoms with Crippen LogP contribution in [-0.4, -0.2) is 25.3 Å². The first-order valence-corrected chi connectivity index (χ1v) is 6.99. The van der Waals surface area contributed by atoms with Gasteiger partial charge in [-0.25, -0.2) is 8.78 Å². The van der Waals surface area contributed by atoms with E-state index in [0.717, 1.165) is 25.0 Å². The first kappa shape index (κ1) is 15.4. The maximum atomic E-state index is 12.5. The summed E-state index contributed by atoms with van der Waals surface area (Å²) in [6, 6.07) is 6.30. The number of alkyl halides is 2. The molecule has 1 saturated heterocycles. The second-order valence-electron chi connectivity index (χ2n) is 5.54. The second kappa shape index (κ2) is 6.61. The fourth-order valence-electron chi connectivity index (χ4n) is 2.53. The van der Waals surface area contributed by atoms with Crippen molar-refractivity contribution in [1.82, 2.24) is 5.32 Å². The summed E-state index contributed by atoms with van der Waals surface area (Å²) in [5.41, 5.74) is 6.60.